The molecular weight excluding hydrogens is 363 g/mol. The Morgan fingerprint density at radius 1 is 1.17 bits per heavy atom. The lowest BCUT2D eigenvalue weighted by Crippen LogP contribution is -2.15. The van der Waals surface area contributed by atoms with E-state index in [0.717, 1.165) is 0 Å². The molecule has 2 aromatic rings. The van der Waals surface area contributed by atoms with Crippen LogP contribution in [0.25, 0.3) is 0 Å². The molecule has 2 rings (SSSR count). The topological polar surface area (TPSA) is 98.5 Å². The van der Waals surface area contributed by atoms with Gasteiger partial charge in [-0.05, 0) is 30.3 Å². The van der Waals surface area contributed by atoms with Crippen molar-refractivity contribution in [1.29, 1.82) is 0 Å². The van der Waals surface area contributed by atoms with Crippen LogP contribution in [-0.2, 0) is 10.0 Å². The summed E-state index contributed by atoms with van der Waals surface area (Å²) in [4.78, 5) is 12.1. The van der Waals surface area contributed by atoms with Gasteiger partial charge in [-0.3, -0.25) is 4.79 Å². The van der Waals surface area contributed by atoms with Crippen molar-refractivity contribution in [2.75, 3.05) is 12.4 Å². The molecule has 0 saturated carbocycles. The molecule has 23 heavy (non-hydrogen) atoms. The molecular formula is C14H12Cl2N2O4S. The van der Waals surface area contributed by atoms with Crippen molar-refractivity contribution in [2.45, 2.75) is 4.90 Å². The lowest BCUT2D eigenvalue weighted by molar-refractivity contribution is 0.102. The maximum Gasteiger partial charge on any atom is 0.255 e. The van der Waals surface area contributed by atoms with Gasteiger partial charge in [-0.1, -0.05) is 29.3 Å². The van der Waals surface area contributed by atoms with E-state index in [1.807, 2.05) is 0 Å². The molecule has 0 aliphatic carbocycles. The van der Waals surface area contributed by atoms with E-state index >= 15 is 0 Å². The third-order valence-electron chi connectivity index (χ3n) is 2.89. The molecule has 0 aliphatic heterocycles. The fourth-order valence-electron chi connectivity index (χ4n) is 1.84. The lowest BCUT2D eigenvalue weighted by Gasteiger charge is -2.10. The number of halogens is 2. The first-order valence-corrected chi connectivity index (χ1v) is 8.50. The zero-order valence-electron chi connectivity index (χ0n) is 11.8. The number of benzene rings is 2. The van der Waals surface area contributed by atoms with Gasteiger partial charge in [0.1, 0.15) is 0 Å². The highest BCUT2D eigenvalue weighted by molar-refractivity contribution is 7.89. The fourth-order valence-corrected chi connectivity index (χ4v) is 3.04. The summed E-state index contributed by atoms with van der Waals surface area (Å²) >= 11 is 12.0. The summed E-state index contributed by atoms with van der Waals surface area (Å²) in [6.07, 6.45) is 0. The maximum atomic E-state index is 12.2. The number of hydrogen-bond acceptors (Lipinski definition) is 4. The zero-order valence-corrected chi connectivity index (χ0v) is 14.2. The van der Waals surface area contributed by atoms with Crippen LogP contribution in [0, 0.1) is 0 Å². The van der Waals surface area contributed by atoms with Crippen molar-refractivity contribution < 1.29 is 17.9 Å². The Morgan fingerprint density at radius 3 is 2.30 bits per heavy atom. The number of carbonyl (C=O) groups excluding carboxylic acids is 1. The number of ether oxygens (including phenoxy) is 1. The number of primary sulfonamides is 1. The van der Waals surface area contributed by atoms with Crippen LogP contribution in [0.1, 0.15) is 10.4 Å². The second-order valence-corrected chi connectivity index (χ2v) is 6.88. The number of methoxy groups -OCH3 is 1. The number of sulfonamides is 1. The number of nitrogens with one attached hydrogen (secondary N) is 1. The van der Waals surface area contributed by atoms with Gasteiger partial charge in [-0.15, -0.1) is 0 Å². The van der Waals surface area contributed by atoms with Crippen molar-refractivity contribution in [3.63, 3.8) is 0 Å². The van der Waals surface area contributed by atoms with E-state index in [0.29, 0.717) is 0 Å². The van der Waals surface area contributed by atoms with Crippen LogP contribution in [0.5, 0.6) is 5.75 Å². The van der Waals surface area contributed by atoms with E-state index in [4.69, 9.17) is 33.1 Å². The average molecular weight is 375 g/mol. The summed E-state index contributed by atoms with van der Waals surface area (Å²) in [7, 11) is -2.45. The standard InChI is InChI=1S/C14H12Cl2N2O4S/c1-22-13-11(15)5-8(6-12(13)16)14(19)18-9-3-2-4-10(7-9)23(17,20)21/h2-7H,1H3,(H,18,19)(H2,17,20,21). The average Bonchev–Trinajstić information content (AvgIpc) is 2.46. The molecule has 122 valence electrons. The van der Waals surface area contributed by atoms with Gasteiger partial charge >= 0.3 is 0 Å². The van der Waals surface area contributed by atoms with Crippen molar-refractivity contribution in [2.24, 2.45) is 5.14 Å². The maximum absolute atomic E-state index is 12.2. The lowest BCUT2D eigenvalue weighted by atomic mass is 10.2. The van der Waals surface area contributed by atoms with Gasteiger partial charge in [-0.25, -0.2) is 13.6 Å². The number of nitrogens with two attached hydrogens (primary N) is 1. The predicted molar refractivity (Wildman–Crippen MR) is 88.8 cm³/mol. The van der Waals surface area contributed by atoms with E-state index in [9.17, 15) is 13.2 Å². The van der Waals surface area contributed by atoms with Crippen LogP contribution in [0.2, 0.25) is 10.0 Å². The molecule has 0 fully saturated rings. The molecule has 3 N–H and O–H groups in total. The van der Waals surface area contributed by atoms with Crippen LogP contribution in [0.3, 0.4) is 0 Å². The molecule has 0 aromatic heterocycles. The molecule has 0 saturated heterocycles. The smallest absolute Gasteiger partial charge is 0.255 e. The number of anilines is 1. The first-order chi connectivity index (χ1) is 10.7. The molecule has 0 aliphatic rings. The van der Waals surface area contributed by atoms with Crippen LogP contribution in [0.15, 0.2) is 41.3 Å². The second-order valence-electron chi connectivity index (χ2n) is 4.50. The molecule has 0 radical (unpaired) electrons. The minimum absolute atomic E-state index is 0.110. The second kappa shape index (κ2) is 6.76. The van der Waals surface area contributed by atoms with Crippen molar-refractivity contribution in [1.82, 2.24) is 0 Å². The Bertz CT molecular complexity index is 846. The van der Waals surface area contributed by atoms with Crippen LogP contribution in [0.4, 0.5) is 5.69 Å². The van der Waals surface area contributed by atoms with Crippen LogP contribution < -0.4 is 15.2 Å². The van der Waals surface area contributed by atoms with Crippen LogP contribution in [-0.4, -0.2) is 21.4 Å². The molecule has 0 bridgehead atoms. The van der Waals surface area contributed by atoms with Crippen molar-refractivity contribution >= 4 is 44.8 Å². The number of amides is 1. The predicted octanol–water partition coefficient (Wildman–Crippen LogP) is 2.90. The molecule has 9 heteroatoms. The highest BCUT2D eigenvalue weighted by Crippen LogP contribution is 2.34. The minimum atomic E-state index is -3.86. The molecule has 1 amide bonds. The van der Waals surface area contributed by atoms with Crippen LogP contribution >= 0.6 is 23.2 Å². The minimum Gasteiger partial charge on any atom is -0.494 e. The molecule has 2 aromatic carbocycles. The summed E-state index contributed by atoms with van der Waals surface area (Å²) in [5, 5.41) is 7.96. The summed E-state index contributed by atoms with van der Waals surface area (Å²) in [6, 6.07) is 8.35. The molecule has 0 spiro atoms. The Morgan fingerprint density at radius 2 is 1.78 bits per heavy atom. The Hall–Kier alpha value is -1.80. The van der Waals surface area contributed by atoms with E-state index < -0.39 is 15.9 Å². The fraction of sp³-hybridized carbons (Fsp3) is 0.0714. The normalized spacial score (nSPS) is 11.1. The molecule has 0 atom stereocenters. The van der Waals surface area contributed by atoms with Gasteiger partial charge in [0.05, 0.1) is 22.1 Å². The highest BCUT2D eigenvalue weighted by Gasteiger charge is 2.15. The number of carbonyl (C=O) groups is 1. The van der Waals surface area contributed by atoms with Crippen molar-refractivity contribution in [3.05, 3.63) is 52.0 Å². The van der Waals surface area contributed by atoms with Gasteiger partial charge < -0.3 is 10.1 Å². The Balaban J connectivity index is 2.30. The largest absolute Gasteiger partial charge is 0.494 e. The SMILES string of the molecule is COc1c(Cl)cc(C(=O)Nc2cccc(S(N)(=O)=O)c2)cc1Cl. The van der Waals surface area contributed by atoms with Gasteiger partial charge in [-0.2, -0.15) is 0 Å². The van der Waals surface area contributed by atoms with E-state index in [1.54, 1.807) is 0 Å². The van der Waals surface area contributed by atoms with Gasteiger partial charge in [0.2, 0.25) is 10.0 Å². The first-order valence-electron chi connectivity index (χ1n) is 6.19. The van der Waals surface area contributed by atoms with Gasteiger partial charge in [0.25, 0.3) is 5.91 Å². The summed E-state index contributed by atoms with van der Waals surface area (Å²) in [5.74, 6) is -0.246. The Labute approximate surface area is 143 Å². The number of rotatable bonds is 4. The van der Waals surface area contributed by atoms with E-state index in [1.165, 1.54) is 43.5 Å². The van der Waals surface area contributed by atoms with Gasteiger partial charge in [0, 0.05) is 11.3 Å². The van der Waals surface area contributed by atoms with Crippen molar-refractivity contribution in [3.8, 4) is 5.75 Å². The highest BCUT2D eigenvalue weighted by atomic mass is 35.5. The summed E-state index contributed by atoms with van der Waals surface area (Å²) in [5.41, 5.74) is 0.464. The third kappa shape index (κ3) is 4.14. The quantitative estimate of drug-likeness (QED) is 0.859. The molecule has 0 unspecified atom stereocenters. The monoisotopic (exact) mass is 374 g/mol. The number of hydrogen-bond donors (Lipinski definition) is 2. The molecule has 0 heterocycles. The summed E-state index contributed by atoms with van der Waals surface area (Å²) < 4.78 is 27.6. The Kier molecular flexibility index (Phi) is 5.16. The summed E-state index contributed by atoms with van der Waals surface area (Å²) in [6.45, 7) is 0. The first kappa shape index (κ1) is 17.6. The van der Waals surface area contributed by atoms with E-state index in [2.05, 4.69) is 5.32 Å². The van der Waals surface area contributed by atoms with E-state index in [-0.39, 0.29) is 31.9 Å². The third-order valence-corrected chi connectivity index (χ3v) is 4.36. The zero-order chi connectivity index (χ0) is 17.2. The molecule has 6 nitrogen and oxygen atoms in total. The van der Waals surface area contributed by atoms with Gasteiger partial charge in [0.15, 0.2) is 5.75 Å².